The SMILES string of the molecule is Cl.O=C(c1ccc2c(c1)CCN2)N1CCOC(c2ccccc2)C1. The number of anilines is 1. The van der Waals surface area contributed by atoms with Gasteiger partial charge in [0.05, 0.1) is 13.2 Å². The highest BCUT2D eigenvalue weighted by Gasteiger charge is 2.26. The fourth-order valence-electron chi connectivity index (χ4n) is 3.32. The van der Waals surface area contributed by atoms with E-state index in [2.05, 4.69) is 17.4 Å². The van der Waals surface area contributed by atoms with Crippen LogP contribution in [0.25, 0.3) is 0 Å². The summed E-state index contributed by atoms with van der Waals surface area (Å²) in [5.74, 6) is 0.101. The molecular formula is C19H21ClN2O2. The van der Waals surface area contributed by atoms with E-state index in [1.54, 1.807) is 0 Å². The van der Waals surface area contributed by atoms with Crippen molar-refractivity contribution in [2.45, 2.75) is 12.5 Å². The third-order valence-electron chi connectivity index (χ3n) is 4.59. The van der Waals surface area contributed by atoms with Crippen LogP contribution >= 0.6 is 12.4 Å². The number of rotatable bonds is 2. The van der Waals surface area contributed by atoms with Crippen LogP contribution < -0.4 is 5.32 Å². The second-order valence-electron chi connectivity index (χ2n) is 6.07. The molecule has 4 nitrogen and oxygen atoms in total. The number of carbonyl (C=O) groups is 1. The molecule has 24 heavy (non-hydrogen) atoms. The number of nitrogens with zero attached hydrogens (tertiary/aromatic N) is 1. The molecule has 0 saturated carbocycles. The maximum atomic E-state index is 12.8. The molecule has 1 atom stereocenters. The highest BCUT2D eigenvalue weighted by molar-refractivity contribution is 5.95. The second kappa shape index (κ2) is 7.24. The number of amides is 1. The smallest absolute Gasteiger partial charge is 0.254 e. The first-order chi connectivity index (χ1) is 11.3. The fraction of sp³-hybridized carbons (Fsp3) is 0.316. The summed E-state index contributed by atoms with van der Waals surface area (Å²) >= 11 is 0. The molecule has 1 saturated heterocycles. The average Bonchev–Trinajstić information content (AvgIpc) is 3.09. The highest BCUT2D eigenvalue weighted by atomic mass is 35.5. The van der Waals surface area contributed by atoms with E-state index in [-0.39, 0.29) is 24.4 Å². The summed E-state index contributed by atoms with van der Waals surface area (Å²) in [4.78, 5) is 14.7. The third-order valence-corrected chi connectivity index (χ3v) is 4.59. The number of hydrogen-bond donors (Lipinski definition) is 1. The van der Waals surface area contributed by atoms with Crippen molar-refractivity contribution in [2.75, 3.05) is 31.6 Å². The van der Waals surface area contributed by atoms with Gasteiger partial charge in [-0.3, -0.25) is 4.79 Å². The van der Waals surface area contributed by atoms with E-state index in [0.717, 1.165) is 29.8 Å². The number of halogens is 1. The predicted molar refractivity (Wildman–Crippen MR) is 96.9 cm³/mol. The number of ether oxygens (including phenoxy) is 1. The van der Waals surface area contributed by atoms with Crippen molar-refractivity contribution in [1.29, 1.82) is 0 Å². The lowest BCUT2D eigenvalue weighted by atomic mass is 10.1. The quantitative estimate of drug-likeness (QED) is 0.909. The molecule has 126 valence electrons. The van der Waals surface area contributed by atoms with Crippen molar-refractivity contribution in [2.24, 2.45) is 0 Å². The Hall–Kier alpha value is -2.04. The summed E-state index contributed by atoms with van der Waals surface area (Å²) in [5, 5.41) is 3.33. The van der Waals surface area contributed by atoms with Crippen molar-refractivity contribution >= 4 is 24.0 Å². The zero-order chi connectivity index (χ0) is 15.6. The minimum absolute atomic E-state index is 0. The minimum Gasteiger partial charge on any atom is -0.384 e. The van der Waals surface area contributed by atoms with Crippen LogP contribution in [0.15, 0.2) is 48.5 Å². The minimum atomic E-state index is -0.0370. The number of benzene rings is 2. The van der Waals surface area contributed by atoms with E-state index in [0.29, 0.717) is 19.7 Å². The summed E-state index contributed by atoms with van der Waals surface area (Å²) < 4.78 is 5.85. The molecule has 5 heteroatoms. The Morgan fingerprint density at radius 3 is 2.83 bits per heavy atom. The summed E-state index contributed by atoms with van der Waals surface area (Å²) in [6.45, 7) is 2.80. The topological polar surface area (TPSA) is 41.6 Å². The molecule has 4 rings (SSSR count). The molecule has 0 radical (unpaired) electrons. The first kappa shape index (κ1) is 16.8. The molecule has 1 amide bonds. The van der Waals surface area contributed by atoms with Gasteiger partial charge in [-0.2, -0.15) is 0 Å². The van der Waals surface area contributed by atoms with Crippen LogP contribution in [0.2, 0.25) is 0 Å². The number of morpholine rings is 1. The van der Waals surface area contributed by atoms with E-state index in [1.807, 2.05) is 41.3 Å². The number of fused-ring (bicyclic) bond motifs is 1. The van der Waals surface area contributed by atoms with Gasteiger partial charge >= 0.3 is 0 Å². The average molecular weight is 345 g/mol. The standard InChI is InChI=1S/C19H20N2O2.ClH/c22-19(16-6-7-17-15(12-16)8-9-20-17)21-10-11-23-18(13-21)14-4-2-1-3-5-14;/h1-7,12,18,20H,8-11,13H2;1H. The molecule has 1 unspecified atom stereocenters. The number of hydrogen-bond acceptors (Lipinski definition) is 3. The van der Waals surface area contributed by atoms with Gasteiger partial charge in [0.1, 0.15) is 6.10 Å². The third kappa shape index (κ3) is 3.25. The maximum Gasteiger partial charge on any atom is 0.254 e. The van der Waals surface area contributed by atoms with Crippen molar-refractivity contribution in [1.82, 2.24) is 4.90 Å². The first-order valence-corrected chi connectivity index (χ1v) is 8.14. The van der Waals surface area contributed by atoms with Crippen molar-refractivity contribution < 1.29 is 9.53 Å². The van der Waals surface area contributed by atoms with Gasteiger partial charge < -0.3 is 15.0 Å². The Labute approximate surface area is 148 Å². The molecule has 0 aliphatic carbocycles. The van der Waals surface area contributed by atoms with Crippen molar-refractivity contribution in [3.05, 3.63) is 65.2 Å². The predicted octanol–water partition coefficient (Wildman–Crippen LogP) is 3.29. The first-order valence-electron chi connectivity index (χ1n) is 8.14. The largest absolute Gasteiger partial charge is 0.384 e. The van der Waals surface area contributed by atoms with Crippen LogP contribution in [0.5, 0.6) is 0 Å². The van der Waals surface area contributed by atoms with Crippen molar-refractivity contribution in [3.8, 4) is 0 Å². The molecule has 2 aliphatic heterocycles. The van der Waals surface area contributed by atoms with Crippen LogP contribution in [-0.4, -0.2) is 37.0 Å². The molecule has 2 heterocycles. The van der Waals surface area contributed by atoms with Crippen LogP contribution in [0.4, 0.5) is 5.69 Å². The molecule has 2 aromatic carbocycles. The lowest BCUT2D eigenvalue weighted by Gasteiger charge is -2.33. The summed E-state index contributed by atoms with van der Waals surface area (Å²) in [6, 6.07) is 16.1. The highest BCUT2D eigenvalue weighted by Crippen LogP contribution is 2.26. The number of carbonyl (C=O) groups excluding carboxylic acids is 1. The summed E-state index contributed by atoms with van der Waals surface area (Å²) in [7, 11) is 0. The fourth-order valence-corrected chi connectivity index (χ4v) is 3.32. The maximum absolute atomic E-state index is 12.8. The molecule has 0 spiro atoms. The van der Waals surface area contributed by atoms with E-state index < -0.39 is 0 Å². The lowest BCUT2D eigenvalue weighted by Crippen LogP contribution is -2.42. The molecular weight excluding hydrogens is 324 g/mol. The Kier molecular flexibility index (Phi) is 5.07. The van der Waals surface area contributed by atoms with Gasteiger partial charge in [0.25, 0.3) is 5.91 Å². The van der Waals surface area contributed by atoms with Gasteiger partial charge in [-0.1, -0.05) is 30.3 Å². The summed E-state index contributed by atoms with van der Waals surface area (Å²) in [5.41, 5.74) is 4.30. The Morgan fingerprint density at radius 2 is 2.00 bits per heavy atom. The molecule has 1 N–H and O–H groups in total. The second-order valence-corrected chi connectivity index (χ2v) is 6.07. The van der Waals surface area contributed by atoms with E-state index in [9.17, 15) is 4.79 Å². The Balaban J connectivity index is 0.00000169. The van der Waals surface area contributed by atoms with Gasteiger partial charge in [0.15, 0.2) is 0 Å². The molecule has 2 aromatic rings. The Bertz CT molecular complexity index is 721. The molecule has 2 aliphatic rings. The van der Waals surface area contributed by atoms with Crippen LogP contribution in [-0.2, 0) is 11.2 Å². The zero-order valence-corrected chi connectivity index (χ0v) is 14.2. The molecule has 0 aromatic heterocycles. The monoisotopic (exact) mass is 344 g/mol. The van der Waals surface area contributed by atoms with E-state index in [1.165, 1.54) is 5.56 Å². The van der Waals surface area contributed by atoms with Gasteiger partial charge in [0.2, 0.25) is 0 Å². The van der Waals surface area contributed by atoms with Crippen LogP contribution in [0, 0.1) is 0 Å². The van der Waals surface area contributed by atoms with Gasteiger partial charge in [-0.25, -0.2) is 0 Å². The Morgan fingerprint density at radius 1 is 1.17 bits per heavy atom. The van der Waals surface area contributed by atoms with Crippen LogP contribution in [0.1, 0.15) is 27.6 Å². The zero-order valence-electron chi connectivity index (χ0n) is 13.4. The summed E-state index contributed by atoms with van der Waals surface area (Å²) in [6.07, 6.45) is 0.955. The normalized spacial score (nSPS) is 19.2. The van der Waals surface area contributed by atoms with Gasteiger partial charge in [0, 0.05) is 24.3 Å². The van der Waals surface area contributed by atoms with Gasteiger partial charge in [-0.05, 0) is 35.7 Å². The molecule has 0 bridgehead atoms. The number of nitrogens with one attached hydrogen (secondary N) is 1. The van der Waals surface area contributed by atoms with Crippen LogP contribution in [0.3, 0.4) is 0 Å². The lowest BCUT2D eigenvalue weighted by molar-refractivity contribution is -0.0228. The van der Waals surface area contributed by atoms with Crippen molar-refractivity contribution in [3.63, 3.8) is 0 Å². The molecule has 1 fully saturated rings. The van der Waals surface area contributed by atoms with E-state index in [4.69, 9.17) is 4.74 Å². The van der Waals surface area contributed by atoms with E-state index >= 15 is 0 Å². The van der Waals surface area contributed by atoms with Gasteiger partial charge in [-0.15, -0.1) is 12.4 Å².